The quantitative estimate of drug-likeness (QED) is 0.402. The minimum atomic E-state index is -0.995. The van der Waals surface area contributed by atoms with Crippen molar-refractivity contribution in [1.29, 1.82) is 0 Å². The van der Waals surface area contributed by atoms with E-state index in [1.807, 2.05) is 23.6 Å². The van der Waals surface area contributed by atoms with Gasteiger partial charge in [0, 0.05) is 16.8 Å². The van der Waals surface area contributed by atoms with E-state index in [2.05, 4.69) is 0 Å². The Labute approximate surface area is 180 Å². The Bertz CT molecular complexity index is 1320. The third-order valence-electron chi connectivity index (χ3n) is 4.92. The fourth-order valence-electron chi connectivity index (χ4n) is 3.54. The Morgan fingerprint density at radius 2 is 1.90 bits per heavy atom. The van der Waals surface area contributed by atoms with Gasteiger partial charge in [0.25, 0.3) is 0 Å². The van der Waals surface area contributed by atoms with Crippen LogP contribution in [0, 0.1) is 0 Å². The number of aromatic nitrogens is 1. The van der Waals surface area contributed by atoms with Crippen LogP contribution < -0.4 is 5.73 Å². The summed E-state index contributed by atoms with van der Waals surface area (Å²) in [5.41, 5.74) is 9.62. The molecule has 2 heterocycles. The van der Waals surface area contributed by atoms with Crippen molar-refractivity contribution in [2.45, 2.75) is 13.3 Å². The number of rotatable bonds is 5. The van der Waals surface area contributed by atoms with Crippen LogP contribution in [0.4, 0.5) is 0 Å². The van der Waals surface area contributed by atoms with Gasteiger partial charge < -0.3 is 20.5 Å². The summed E-state index contributed by atoms with van der Waals surface area (Å²) in [5.74, 6) is -1.44. The van der Waals surface area contributed by atoms with Gasteiger partial charge in [0.1, 0.15) is 10.6 Å². The van der Waals surface area contributed by atoms with E-state index in [-0.39, 0.29) is 10.6 Å². The van der Waals surface area contributed by atoms with Crippen molar-refractivity contribution in [2.24, 2.45) is 5.73 Å². The molecule has 0 bridgehead atoms. The molecule has 2 aromatic carbocycles. The molecule has 0 spiro atoms. The summed E-state index contributed by atoms with van der Waals surface area (Å²) in [7, 11) is 0. The molecule has 0 radical (unpaired) electrons. The Morgan fingerprint density at radius 3 is 2.53 bits per heavy atom. The van der Waals surface area contributed by atoms with E-state index in [0.29, 0.717) is 28.1 Å². The van der Waals surface area contributed by atoms with Gasteiger partial charge in [-0.05, 0) is 60.5 Å². The molecule has 6 nitrogen and oxygen atoms in total. The van der Waals surface area contributed by atoms with E-state index < -0.39 is 11.9 Å². The summed E-state index contributed by atoms with van der Waals surface area (Å²) in [4.78, 5) is 23.5. The summed E-state index contributed by atoms with van der Waals surface area (Å²) in [6.45, 7) is 1.93. The molecule has 4 N–H and O–H groups in total. The van der Waals surface area contributed by atoms with Crippen molar-refractivity contribution < 1.29 is 19.8 Å². The van der Waals surface area contributed by atoms with Crippen molar-refractivity contribution in [3.8, 4) is 22.7 Å². The lowest BCUT2D eigenvalue weighted by molar-refractivity contribution is 0.0702. The number of amides is 1. The van der Waals surface area contributed by atoms with Crippen molar-refractivity contribution in [3.63, 3.8) is 0 Å². The zero-order chi connectivity index (χ0) is 21.6. The SMILES string of the molecule is CCc1cc(-n2c(-c3ccc(O)cc3Cl)cc3sc(C(=O)O)cc32)ccc1C(N)=O. The highest BCUT2D eigenvalue weighted by Gasteiger charge is 2.20. The van der Waals surface area contributed by atoms with Crippen LogP contribution in [-0.4, -0.2) is 26.7 Å². The number of aromatic hydroxyl groups is 1. The monoisotopic (exact) mass is 440 g/mol. The molecule has 30 heavy (non-hydrogen) atoms. The van der Waals surface area contributed by atoms with Crippen LogP contribution in [0.1, 0.15) is 32.5 Å². The van der Waals surface area contributed by atoms with Crippen molar-refractivity contribution in [3.05, 3.63) is 69.6 Å². The van der Waals surface area contributed by atoms with Crippen molar-refractivity contribution >= 4 is 45.0 Å². The van der Waals surface area contributed by atoms with E-state index in [1.54, 1.807) is 30.3 Å². The lowest BCUT2D eigenvalue weighted by Gasteiger charge is -2.14. The van der Waals surface area contributed by atoms with E-state index >= 15 is 0 Å². The number of halogens is 1. The van der Waals surface area contributed by atoms with Gasteiger partial charge >= 0.3 is 5.97 Å². The zero-order valence-corrected chi connectivity index (χ0v) is 17.4. The van der Waals surface area contributed by atoms with Gasteiger partial charge in [-0.3, -0.25) is 4.79 Å². The molecular formula is C22H17ClN2O4S. The highest BCUT2D eigenvalue weighted by Crippen LogP contribution is 2.39. The summed E-state index contributed by atoms with van der Waals surface area (Å²) in [6.07, 6.45) is 0.607. The third-order valence-corrected chi connectivity index (χ3v) is 6.29. The summed E-state index contributed by atoms with van der Waals surface area (Å²) in [6, 6.07) is 13.5. The molecule has 0 saturated heterocycles. The number of nitrogens with zero attached hydrogens (tertiary/aromatic N) is 1. The lowest BCUT2D eigenvalue weighted by Crippen LogP contribution is -2.14. The Kier molecular flexibility index (Phi) is 5.01. The Morgan fingerprint density at radius 1 is 1.13 bits per heavy atom. The van der Waals surface area contributed by atoms with E-state index in [0.717, 1.165) is 21.6 Å². The van der Waals surface area contributed by atoms with E-state index in [4.69, 9.17) is 17.3 Å². The van der Waals surface area contributed by atoms with Crippen LogP contribution >= 0.6 is 22.9 Å². The first kappa shape index (κ1) is 20.0. The van der Waals surface area contributed by atoms with E-state index in [9.17, 15) is 19.8 Å². The molecule has 0 atom stereocenters. The van der Waals surface area contributed by atoms with Crippen LogP contribution in [0.15, 0.2) is 48.5 Å². The number of carbonyl (C=O) groups excluding carboxylic acids is 1. The number of fused-ring (bicyclic) bond motifs is 1. The normalized spacial score (nSPS) is 11.1. The van der Waals surface area contributed by atoms with Crippen molar-refractivity contribution in [1.82, 2.24) is 4.57 Å². The summed E-state index contributed by atoms with van der Waals surface area (Å²) in [5, 5.41) is 19.5. The molecule has 4 aromatic rings. The second kappa shape index (κ2) is 7.51. The van der Waals surface area contributed by atoms with Crippen LogP contribution in [0.3, 0.4) is 0 Å². The fourth-order valence-corrected chi connectivity index (χ4v) is 4.73. The number of benzene rings is 2. The number of hydrogen-bond donors (Lipinski definition) is 3. The molecule has 0 saturated carbocycles. The zero-order valence-electron chi connectivity index (χ0n) is 15.8. The smallest absolute Gasteiger partial charge is 0.345 e. The predicted octanol–water partition coefficient (Wildman–Crippen LogP) is 5.08. The minimum Gasteiger partial charge on any atom is -0.508 e. The lowest BCUT2D eigenvalue weighted by atomic mass is 10.0. The first-order valence-electron chi connectivity index (χ1n) is 9.10. The highest BCUT2D eigenvalue weighted by atomic mass is 35.5. The Hall–Kier alpha value is -3.29. The fraction of sp³-hybridized carbons (Fsp3) is 0.0909. The molecule has 1 amide bonds. The molecule has 0 fully saturated rings. The first-order chi connectivity index (χ1) is 14.3. The molecule has 2 aromatic heterocycles. The number of thiophene rings is 1. The average molecular weight is 441 g/mol. The maximum absolute atomic E-state index is 11.7. The topological polar surface area (TPSA) is 106 Å². The van der Waals surface area contributed by atoms with Crippen LogP contribution in [0.5, 0.6) is 5.75 Å². The van der Waals surface area contributed by atoms with Gasteiger partial charge in [0.2, 0.25) is 5.91 Å². The maximum atomic E-state index is 11.7. The minimum absolute atomic E-state index is 0.0518. The maximum Gasteiger partial charge on any atom is 0.345 e. The van der Waals surface area contributed by atoms with Gasteiger partial charge in [-0.15, -0.1) is 11.3 Å². The molecule has 152 valence electrons. The number of nitrogens with two attached hydrogens (primary N) is 1. The number of aromatic carboxylic acids is 1. The second-order valence-corrected chi connectivity index (χ2v) is 8.24. The molecule has 8 heteroatoms. The molecular weight excluding hydrogens is 424 g/mol. The first-order valence-corrected chi connectivity index (χ1v) is 10.3. The number of hydrogen-bond acceptors (Lipinski definition) is 4. The number of aryl methyl sites for hydroxylation is 1. The Balaban J connectivity index is 2.03. The third kappa shape index (κ3) is 3.32. The van der Waals surface area contributed by atoms with Gasteiger partial charge in [-0.2, -0.15) is 0 Å². The van der Waals surface area contributed by atoms with E-state index in [1.165, 1.54) is 17.4 Å². The molecule has 0 aliphatic rings. The summed E-state index contributed by atoms with van der Waals surface area (Å²) >= 11 is 7.57. The van der Waals surface area contributed by atoms with Crippen LogP contribution in [0.25, 0.3) is 27.2 Å². The van der Waals surface area contributed by atoms with Gasteiger partial charge in [0.15, 0.2) is 0 Å². The summed E-state index contributed by atoms with van der Waals surface area (Å²) < 4.78 is 2.68. The average Bonchev–Trinajstić information content (AvgIpc) is 3.25. The van der Waals surface area contributed by atoms with Crippen LogP contribution in [0.2, 0.25) is 5.02 Å². The number of primary amides is 1. The van der Waals surface area contributed by atoms with Crippen molar-refractivity contribution in [2.75, 3.05) is 0 Å². The largest absolute Gasteiger partial charge is 0.508 e. The molecule has 0 aliphatic heterocycles. The molecule has 0 unspecified atom stereocenters. The number of carboxylic acid groups (broad SMARTS) is 1. The molecule has 0 aliphatic carbocycles. The number of carbonyl (C=O) groups is 2. The number of phenolic OH excluding ortho intramolecular Hbond substituents is 1. The highest BCUT2D eigenvalue weighted by molar-refractivity contribution is 7.20. The molecule has 4 rings (SSSR count). The second-order valence-electron chi connectivity index (χ2n) is 6.75. The van der Waals surface area contributed by atoms with Gasteiger partial charge in [0.05, 0.1) is 20.9 Å². The predicted molar refractivity (Wildman–Crippen MR) is 118 cm³/mol. The van der Waals surface area contributed by atoms with Crippen LogP contribution in [-0.2, 0) is 6.42 Å². The number of phenols is 1. The van der Waals surface area contributed by atoms with Gasteiger partial charge in [-0.1, -0.05) is 18.5 Å². The standard InChI is InChI=1S/C22H17ClN2O4S/c1-2-11-7-12(3-5-14(11)21(24)27)25-17(15-6-4-13(26)8-16(15)23)9-19-18(25)10-20(30-19)22(28)29/h3-10,26H,2H2,1H3,(H2,24,27)(H,28,29). The number of carboxylic acids is 1. The van der Waals surface area contributed by atoms with Gasteiger partial charge in [-0.25, -0.2) is 4.79 Å².